The van der Waals surface area contributed by atoms with Crippen molar-refractivity contribution in [3.63, 3.8) is 0 Å². The summed E-state index contributed by atoms with van der Waals surface area (Å²) in [5.74, 6) is 1.23. The highest BCUT2D eigenvalue weighted by Gasteiger charge is 2.52. The summed E-state index contributed by atoms with van der Waals surface area (Å²) in [5.41, 5.74) is 1.27. The molecule has 3 fully saturated rings. The molecule has 2 aliphatic heterocycles. The van der Waals surface area contributed by atoms with Crippen LogP contribution in [-0.4, -0.2) is 116 Å². The van der Waals surface area contributed by atoms with Gasteiger partial charge in [0.15, 0.2) is 11.5 Å². The van der Waals surface area contributed by atoms with Crippen LogP contribution in [-0.2, 0) is 14.3 Å². The number of benzene rings is 1. The quantitative estimate of drug-likeness (QED) is 0.321. The summed E-state index contributed by atoms with van der Waals surface area (Å²) < 4.78 is 17.4. The van der Waals surface area contributed by atoms with Crippen LogP contribution in [0.4, 0.5) is 0 Å². The second kappa shape index (κ2) is 12.9. The molecule has 11 nitrogen and oxygen atoms in total. The lowest BCUT2D eigenvalue weighted by Crippen LogP contribution is -2.57. The number of nitrogens with one attached hydrogen (secondary N) is 1. The van der Waals surface area contributed by atoms with Gasteiger partial charge in [-0.1, -0.05) is 6.42 Å². The van der Waals surface area contributed by atoms with E-state index in [-0.39, 0.29) is 19.1 Å². The Morgan fingerprint density at radius 2 is 2.02 bits per heavy atom. The number of methoxy groups -OCH3 is 1. The SMILES string of the molecule is COc1cc(C=O)cc2c1O[C@@H]1[C@@H](O)[C@H](N(CCN3CCOCC3)C(=O)CC3CC4CCC3C4)C=C(C(=O)NCCO)[C@H]21. The van der Waals surface area contributed by atoms with Crippen LogP contribution in [0.2, 0.25) is 0 Å². The topological polar surface area (TPSA) is 138 Å². The molecule has 1 aromatic rings. The predicted octanol–water partition coefficient (Wildman–Crippen LogP) is 1.12. The molecule has 43 heavy (non-hydrogen) atoms. The van der Waals surface area contributed by atoms with Crippen LogP contribution in [0.3, 0.4) is 0 Å². The van der Waals surface area contributed by atoms with E-state index >= 15 is 0 Å². The number of aliphatic hydroxyl groups is 2. The molecular formula is C32H43N3O8. The highest BCUT2D eigenvalue weighted by Crippen LogP contribution is 2.52. The molecule has 6 rings (SSSR count). The first-order valence-corrected chi connectivity index (χ1v) is 15.6. The van der Waals surface area contributed by atoms with Crippen molar-refractivity contribution in [3.05, 3.63) is 34.9 Å². The molecule has 11 heteroatoms. The van der Waals surface area contributed by atoms with Crippen molar-refractivity contribution >= 4 is 18.1 Å². The minimum atomic E-state index is -1.13. The number of carbonyl (C=O) groups excluding carboxylic acids is 3. The van der Waals surface area contributed by atoms with Crippen molar-refractivity contribution in [2.45, 2.75) is 56.3 Å². The fourth-order valence-electron chi connectivity index (χ4n) is 8.04. The lowest BCUT2D eigenvalue weighted by molar-refractivity contribution is -0.139. The third-order valence-electron chi connectivity index (χ3n) is 10.2. The highest BCUT2D eigenvalue weighted by molar-refractivity contribution is 5.96. The molecule has 3 unspecified atom stereocenters. The molecule has 1 saturated heterocycles. The number of fused-ring (bicyclic) bond motifs is 5. The summed E-state index contributed by atoms with van der Waals surface area (Å²) >= 11 is 0. The number of aldehydes is 1. The third kappa shape index (κ3) is 5.92. The van der Waals surface area contributed by atoms with Gasteiger partial charge in [0, 0.05) is 55.8 Å². The number of aliphatic hydroxyl groups excluding tert-OH is 2. The molecule has 0 radical (unpaired) electrons. The monoisotopic (exact) mass is 597 g/mol. The van der Waals surface area contributed by atoms with Crippen LogP contribution < -0.4 is 14.8 Å². The summed E-state index contributed by atoms with van der Waals surface area (Å²) in [7, 11) is 1.47. The molecule has 2 heterocycles. The third-order valence-corrected chi connectivity index (χ3v) is 10.2. The Labute approximate surface area is 252 Å². The Morgan fingerprint density at radius 3 is 2.70 bits per heavy atom. The van der Waals surface area contributed by atoms with Crippen molar-refractivity contribution in [2.24, 2.45) is 17.8 Å². The molecular weight excluding hydrogens is 554 g/mol. The lowest BCUT2D eigenvalue weighted by Gasteiger charge is -2.42. The van der Waals surface area contributed by atoms with Crippen LogP contribution in [0.1, 0.15) is 53.9 Å². The maximum atomic E-state index is 14.1. The fraction of sp³-hybridized carbons (Fsp3) is 0.656. The molecule has 3 N–H and O–H groups in total. The Hall–Kier alpha value is -2.99. The van der Waals surface area contributed by atoms with Gasteiger partial charge < -0.3 is 34.6 Å². The van der Waals surface area contributed by atoms with E-state index in [1.165, 1.54) is 26.4 Å². The first-order valence-electron chi connectivity index (χ1n) is 15.6. The Kier molecular flexibility index (Phi) is 9.04. The molecule has 0 spiro atoms. The summed E-state index contributed by atoms with van der Waals surface area (Å²) in [6.07, 6.45) is 5.53. The van der Waals surface area contributed by atoms with E-state index in [1.807, 2.05) is 0 Å². The standard InChI is InChI=1S/C32H43N3O8/c1-41-26-15-20(18-37)14-23-28-24(32(40)33-4-9-36)17-25(29(39)31(28)43-30(23)26)35(6-5-34-7-10-42-11-8-34)27(38)16-22-13-19-2-3-21(22)12-19/h14-15,17-19,21-22,25,28-29,31,36,39H,2-13,16H2,1H3,(H,33,40)/t19?,21?,22?,25-,28+,29+,31+/m1/s1. The first kappa shape index (κ1) is 30.1. The van der Waals surface area contributed by atoms with Crippen molar-refractivity contribution < 1.29 is 38.8 Å². The van der Waals surface area contributed by atoms with Gasteiger partial charge in [0.25, 0.3) is 0 Å². The van der Waals surface area contributed by atoms with Crippen LogP contribution >= 0.6 is 0 Å². The van der Waals surface area contributed by atoms with Crippen molar-refractivity contribution in [2.75, 3.05) is 59.7 Å². The molecule has 5 aliphatic rings. The zero-order valence-corrected chi connectivity index (χ0v) is 24.8. The molecule has 2 amide bonds. The van der Waals surface area contributed by atoms with Crippen molar-refractivity contribution in [1.29, 1.82) is 0 Å². The van der Waals surface area contributed by atoms with Crippen LogP contribution in [0.25, 0.3) is 0 Å². The molecule has 2 saturated carbocycles. The molecule has 0 aromatic heterocycles. The maximum absolute atomic E-state index is 14.1. The van der Waals surface area contributed by atoms with E-state index in [0.717, 1.165) is 19.5 Å². The summed E-state index contributed by atoms with van der Waals surface area (Å²) in [6.45, 7) is 3.66. The van der Waals surface area contributed by atoms with Gasteiger partial charge in [0.05, 0.1) is 38.9 Å². The fourth-order valence-corrected chi connectivity index (χ4v) is 8.04. The maximum Gasteiger partial charge on any atom is 0.247 e. The smallest absolute Gasteiger partial charge is 0.247 e. The zero-order valence-electron chi connectivity index (χ0n) is 24.8. The zero-order chi connectivity index (χ0) is 30.1. The highest BCUT2D eigenvalue weighted by atomic mass is 16.5. The van der Waals surface area contributed by atoms with Crippen LogP contribution in [0, 0.1) is 17.8 Å². The van der Waals surface area contributed by atoms with E-state index in [4.69, 9.17) is 14.2 Å². The first-order chi connectivity index (χ1) is 20.9. The molecule has 2 bridgehead atoms. The number of rotatable bonds is 11. The van der Waals surface area contributed by atoms with E-state index in [1.54, 1.807) is 23.1 Å². The second-order valence-electron chi connectivity index (χ2n) is 12.6. The van der Waals surface area contributed by atoms with Gasteiger partial charge in [-0.25, -0.2) is 0 Å². The number of nitrogens with zero attached hydrogens (tertiary/aromatic N) is 2. The van der Waals surface area contributed by atoms with Gasteiger partial charge >= 0.3 is 0 Å². The van der Waals surface area contributed by atoms with E-state index < -0.39 is 30.1 Å². The number of hydrogen-bond donors (Lipinski definition) is 3. The normalized spacial score (nSPS) is 31.0. The average Bonchev–Trinajstić information content (AvgIpc) is 3.76. The summed E-state index contributed by atoms with van der Waals surface area (Å²) in [5, 5.41) is 24.1. The van der Waals surface area contributed by atoms with E-state index in [0.29, 0.717) is 85.0 Å². The molecule has 234 valence electrons. The second-order valence-corrected chi connectivity index (χ2v) is 12.6. The van der Waals surface area contributed by atoms with Gasteiger partial charge in [0.2, 0.25) is 11.8 Å². The summed E-state index contributed by atoms with van der Waals surface area (Å²) in [4.78, 5) is 43.5. The van der Waals surface area contributed by atoms with Gasteiger partial charge in [-0.3, -0.25) is 19.3 Å². The van der Waals surface area contributed by atoms with Gasteiger partial charge in [-0.05, 0) is 55.2 Å². The van der Waals surface area contributed by atoms with Gasteiger partial charge in [0.1, 0.15) is 18.5 Å². The van der Waals surface area contributed by atoms with Crippen molar-refractivity contribution in [1.82, 2.24) is 15.1 Å². The minimum Gasteiger partial charge on any atom is -0.493 e. The van der Waals surface area contributed by atoms with E-state index in [2.05, 4.69) is 10.2 Å². The van der Waals surface area contributed by atoms with Crippen LogP contribution in [0.15, 0.2) is 23.8 Å². The van der Waals surface area contributed by atoms with Gasteiger partial charge in [-0.15, -0.1) is 0 Å². The lowest BCUT2D eigenvalue weighted by atomic mass is 9.77. The molecule has 1 aromatic carbocycles. The van der Waals surface area contributed by atoms with Gasteiger partial charge in [-0.2, -0.15) is 0 Å². The number of morpholine rings is 1. The number of hydrogen-bond acceptors (Lipinski definition) is 9. The number of carbonyl (C=O) groups is 3. The average molecular weight is 598 g/mol. The van der Waals surface area contributed by atoms with Crippen LogP contribution in [0.5, 0.6) is 11.5 Å². The number of ether oxygens (including phenoxy) is 3. The van der Waals surface area contributed by atoms with Crippen molar-refractivity contribution in [3.8, 4) is 11.5 Å². The largest absolute Gasteiger partial charge is 0.493 e. The molecule has 3 aliphatic carbocycles. The Morgan fingerprint density at radius 1 is 1.21 bits per heavy atom. The minimum absolute atomic E-state index is 0.0176. The Bertz CT molecular complexity index is 1250. The number of amides is 2. The summed E-state index contributed by atoms with van der Waals surface area (Å²) in [6, 6.07) is 2.43. The van der Waals surface area contributed by atoms with E-state index in [9.17, 15) is 24.6 Å². The molecule has 7 atom stereocenters. The Balaban J connectivity index is 1.34. The predicted molar refractivity (Wildman–Crippen MR) is 156 cm³/mol.